The Labute approximate surface area is 176 Å². The summed E-state index contributed by atoms with van der Waals surface area (Å²) < 4.78 is 2.14. The van der Waals surface area contributed by atoms with Crippen molar-refractivity contribution in [1.82, 2.24) is 9.55 Å². The molecule has 0 saturated heterocycles. The predicted molar refractivity (Wildman–Crippen MR) is 114 cm³/mol. The van der Waals surface area contributed by atoms with Gasteiger partial charge in [0.25, 0.3) is 0 Å². The number of nitrogens with one attached hydrogen (secondary N) is 1. The summed E-state index contributed by atoms with van der Waals surface area (Å²) >= 11 is 5.98. The first kappa shape index (κ1) is 18.5. The number of fused-ring (bicyclic) bond motifs is 4. The second-order valence-electron chi connectivity index (χ2n) is 7.49. The van der Waals surface area contributed by atoms with E-state index in [0.29, 0.717) is 33.5 Å². The van der Waals surface area contributed by atoms with Crippen molar-refractivity contribution in [2.24, 2.45) is 0 Å². The number of aromatic carboxylic acids is 2. The fourth-order valence-electron chi connectivity index (χ4n) is 4.56. The van der Waals surface area contributed by atoms with Gasteiger partial charge in [0.1, 0.15) is 0 Å². The number of rotatable bonds is 3. The monoisotopic (exact) mass is 420 g/mol. The Morgan fingerprint density at radius 2 is 1.80 bits per heavy atom. The van der Waals surface area contributed by atoms with Gasteiger partial charge in [-0.3, -0.25) is 0 Å². The van der Waals surface area contributed by atoms with Gasteiger partial charge < -0.3 is 19.8 Å². The molecule has 7 heteroatoms. The Hall–Kier alpha value is -3.51. The highest BCUT2D eigenvalue weighted by atomic mass is 35.5. The smallest absolute Gasteiger partial charge is 0.337 e. The van der Waals surface area contributed by atoms with Crippen molar-refractivity contribution in [1.29, 1.82) is 0 Å². The first-order valence-corrected chi connectivity index (χ1v) is 9.84. The zero-order chi connectivity index (χ0) is 21.2. The molecule has 0 radical (unpaired) electrons. The maximum absolute atomic E-state index is 12.3. The van der Waals surface area contributed by atoms with Gasteiger partial charge in [-0.2, -0.15) is 0 Å². The van der Waals surface area contributed by atoms with E-state index in [0.717, 1.165) is 17.0 Å². The number of halogens is 1. The highest BCUT2D eigenvalue weighted by Crippen LogP contribution is 2.41. The van der Waals surface area contributed by atoms with E-state index in [1.807, 2.05) is 25.3 Å². The van der Waals surface area contributed by atoms with Crippen molar-refractivity contribution < 1.29 is 19.8 Å². The van der Waals surface area contributed by atoms with Crippen molar-refractivity contribution in [3.05, 3.63) is 81.8 Å². The third-order valence-electron chi connectivity index (χ3n) is 5.87. The van der Waals surface area contributed by atoms with E-state index in [4.69, 9.17) is 11.6 Å². The molecule has 150 valence electrons. The number of aromatic nitrogens is 2. The van der Waals surface area contributed by atoms with E-state index in [1.165, 1.54) is 0 Å². The molecule has 0 saturated carbocycles. The van der Waals surface area contributed by atoms with Crippen LogP contribution in [0.1, 0.15) is 50.6 Å². The van der Waals surface area contributed by atoms with Crippen molar-refractivity contribution in [2.75, 3.05) is 0 Å². The Balaban J connectivity index is 1.88. The molecule has 0 bridgehead atoms. The van der Waals surface area contributed by atoms with Crippen molar-refractivity contribution in [2.45, 2.75) is 19.4 Å². The quantitative estimate of drug-likeness (QED) is 0.424. The first-order chi connectivity index (χ1) is 14.4. The Bertz CT molecular complexity index is 1350. The largest absolute Gasteiger partial charge is 0.478 e. The Morgan fingerprint density at radius 3 is 2.47 bits per heavy atom. The van der Waals surface area contributed by atoms with Crippen LogP contribution in [0.25, 0.3) is 22.0 Å². The molecule has 0 amide bonds. The van der Waals surface area contributed by atoms with E-state index in [9.17, 15) is 19.8 Å². The number of aromatic amines is 1. The van der Waals surface area contributed by atoms with Crippen LogP contribution in [-0.4, -0.2) is 31.7 Å². The zero-order valence-corrected chi connectivity index (χ0v) is 16.7. The van der Waals surface area contributed by atoms with Gasteiger partial charge in [0.2, 0.25) is 0 Å². The molecular formula is C23H17ClN2O4. The molecule has 0 fully saturated rings. The Morgan fingerprint density at radius 1 is 1.10 bits per heavy atom. The highest BCUT2D eigenvalue weighted by molar-refractivity contribution is 6.30. The van der Waals surface area contributed by atoms with Crippen LogP contribution in [0.5, 0.6) is 0 Å². The van der Waals surface area contributed by atoms with E-state index in [2.05, 4.69) is 9.55 Å². The molecule has 1 atom stereocenters. The fraction of sp³-hybridized carbons (Fsp3) is 0.130. The summed E-state index contributed by atoms with van der Waals surface area (Å²) in [6.07, 6.45) is 2.53. The summed E-state index contributed by atoms with van der Waals surface area (Å²) in [5.41, 5.74) is 3.95. The SMILES string of the molecule is CC1c2[nH]c3cc(-c4ccc(Cl)cc4)c(C(=O)O)c(C(=O)O)c3c2Cc2cccn21. The third-order valence-corrected chi connectivity index (χ3v) is 6.12. The molecular weight excluding hydrogens is 404 g/mol. The number of carbonyl (C=O) groups is 2. The summed E-state index contributed by atoms with van der Waals surface area (Å²) in [4.78, 5) is 28.0. The van der Waals surface area contributed by atoms with Crippen LogP contribution in [0.3, 0.4) is 0 Å². The maximum Gasteiger partial charge on any atom is 0.337 e. The van der Waals surface area contributed by atoms with Crippen molar-refractivity contribution >= 4 is 34.4 Å². The first-order valence-electron chi connectivity index (χ1n) is 9.46. The van der Waals surface area contributed by atoms with Gasteiger partial charge in [-0.1, -0.05) is 23.7 Å². The zero-order valence-electron chi connectivity index (χ0n) is 15.9. The molecule has 2 aromatic heterocycles. The molecule has 5 rings (SSSR count). The van der Waals surface area contributed by atoms with Gasteiger partial charge >= 0.3 is 11.9 Å². The standard InChI is InChI=1S/C23H17ClN2O4/c1-11-21-16(9-14-3-2-8-26(11)14)18-17(25-21)10-15(12-4-6-13(24)7-5-12)19(22(27)28)20(18)23(29)30/h2-8,10-11,25H,9H2,1H3,(H,27,28)(H,29,30). The minimum Gasteiger partial charge on any atom is -0.478 e. The van der Waals surface area contributed by atoms with Crippen LogP contribution in [0, 0.1) is 0 Å². The lowest BCUT2D eigenvalue weighted by Gasteiger charge is -2.24. The number of hydrogen-bond donors (Lipinski definition) is 3. The van der Waals surface area contributed by atoms with Gasteiger partial charge in [-0.05, 0) is 53.9 Å². The highest BCUT2D eigenvalue weighted by Gasteiger charge is 2.32. The topological polar surface area (TPSA) is 95.3 Å². The molecule has 2 aromatic carbocycles. The summed E-state index contributed by atoms with van der Waals surface area (Å²) in [5, 5.41) is 21.0. The summed E-state index contributed by atoms with van der Waals surface area (Å²) in [5.74, 6) is -2.54. The maximum atomic E-state index is 12.3. The van der Waals surface area contributed by atoms with Crippen LogP contribution in [0.2, 0.25) is 5.02 Å². The van der Waals surface area contributed by atoms with Crippen molar-refractivity contribution in [3.63, 3.8) is 0 Å². The molecule has 0 spiro atoms. The molecule has 1 aliphatic rings. The third kappa shape index (κ3) is 2.57. The molecule has 6 nitrogen and oxygen atoms in total. The van der Waals surface area contributed by atoms with Gasteiger partial charge in [-0.15, -0.1) is 0 Å². The number of benzene rings is 2. The second-order valence-corrected chi connectivity index (χ2v) is 7.93. The van der Waals surface area contributed by atoms with Crippen molar-refractivity contribution in [3.8, 4) is 11.1 Å². The summed E-state index contributed by atoms with van der Waals surface area (Å²) in [7, 11) is 0. The number of nitrogens with zero attached hydrogens (tertiary/aromatic N) is 1. The second kappa shape index (κ2) is 6.50. The van der Waals surface area contributed by atoms with E-state index in [1.54, 1.807) is 30.3 Å². The van der Waals surface area contributed by atoms with Gasteiger partial charge in [-0.25, -0.2) is 9.59 Å². The van der Waals surface area contributed by atoms with Crippen LogP contribution in [-0.2, 0) is 6.42 Å². The lowest BCUT2D eigenvalue weighted by Crippen LogP contribution is -2.17. The minimum atomic E-state index is -1.28. The molecule has 0 aliphatic carbocycles. The van der Waals surface area contributed by atoms with Crippen LogP contribution in [0.15, 0.2) is 48.7 Å². The number of carboxylic acids is 2. The van der Waals surface area contributed by atoms with Gasteiger partial charge in [0.05, 0.1) is 17.2 Å². The van der Waals surface area contributed by atoms with Gasteiger partial charge in [0.15, 0.2) is 0 Å². The molecule has 3 heterocycles. The fourth-order valence-corrected chi connectivity index (χ4v) is 4.69. The summed E-state index contributed by atoms with van der Waals surface area (Å²) in [6.45, 7) is 2.04. The van der Waals surface area contributed by atoms with E-state index in [-0.39, 0.29) is 17.2 Å². The molecule has 1 aliphatic heterocycles. The van der Waals surface area contributed by atoms with Gasteiger partial charge in [0, 0.05) is 39.9 Å². The average molecular weight is 421 g/mol. The lowest BCUT2D eigenvalue weighted by atomic mass is 9.89. The number of hydrogen-bond acceptors (Lipinski definition) is 2. The van der Waals surface area contributed by atoms with Crippen LogP contribution < -0.4 is 0 Å². The van der Waals surface area contributed by atoms with Crippen LogP contribution in [0.4, 0.5) is 0 Å². The lowest BCUT2D eigenvalue weighted by molar-refractivity contribution is 0.0654. The molecule has 4 aromatic rings. The minimum absolute atomic E-state index is 0.0138. The predicted octanol–water partition coefficient (Wildman–Crippen LogP) is 5.20. The average Bonchev–Trinajstić information content (AvgIpc) is 3.32. The molecule has 30 heavy (non-hydrogen) atoms. The molecule has 3 N–H and O–H groups in total. The molecule has 1 unspecified atom stereocenters. The van der Waals surface area contributed by atoms with E-state index < -0.39 is 11.9 Å². The Kier molecular flexibility index (Phi) is 4.01. The van der Waals surface area contributed by atoms with Crippen LogP contribution >= 0.6 is 11.6 Å². The van der Waals surface area contributed by atoms with E-state index >= 15 is 0 Å². The normalized spacial score (nSPS) is 15.1. The number of H-pyrrole nitrogens is 1. The summed E-state index contributed by atoms with van der Waals surface area (Å²) in [6, 6.07) is 12.4. The number of carboxylic acid groups (broad SMARTS) is 2.